The molecule has 2 amide bonds. The van der Waals surface area contributed by atoms with Crippen LogP contribution in [0, 0.1) is 0 Å². The van der Waals surface area contributed by atoms with Crippen molar-refractivity contribution in [2.24, 2.45) is 0 Å². The van der Waals surface area contributed by atoms with E-state index in [1.165, 1.54) is 18.2 Å². The molecule has 1 aromatic heterocycles. The first kappa shape index (κ1) is 19.2. The molecule has 0 saturated carbocycles. The highest BCUT2D eigenvalue weighted by atomic mass is 19.3. The van der Waals surface area contributed by atoms with Crippen LogP contribution < -0.4 is 25.6 Å². The third-order valence-corrected chi connectivity index (χ3v) is 3.19. The SMILES string of the molecule is CN(C)c1cnnc(NCCNC(=O)Nc2cccc(OC(F)F)c2)c1. The number of nitrogens with zero attached hydrogens (tertiary/aromatic N) is 3. The number of rotatable bonds is 8. The van der Waals surface area contributed by atoms with E-state index in [0.717, 1.165) is 5.69 Å². The Morgan fingerprint density at radius 3 is 2.81 bits per heavy atom. The zero-order chi connectivity index (χ0) is 18.9. The van der Waals surface area contributed by atoms with Crippen LogP contribution in [0.15, 0.2) is 36.5 Å². The smallest absolute Gasteiger partial charge is 0.387 e. The molecule has 3 N–H and O–H groups in total. The minimum Gasteiger partial charge on any atom is -0.435 e. The number of carbonyl (C=O) groups is 1. The molecule has 26 heavy (non-hydrogen) atoms. The van der Waals surface area contributed by atoms with Crippen molar-refractivity contribution in [1.29, 1.82) is 0 Å². The Kier molecular flexibility index (Phi) is 6.89. The minimum atomic E-state index is -2.92. The molecule has 0 bridgehead atoms. The molecule has 0 saturated heterocycles. The summed E-state index contributed by atoms with van der Waals surface area (Å²) < 4.78 is 28.7. The molecule has 0 unspecified atom stereocenters. The van der Waals surface area contributed by atoms with Crippen LogP contribution in [0.2, 0.25) is 0 Å². The average Bonchev–Trinajstić information content (AvgIpc) is 2.58. The van der Waals surface area contributed by atoms with Gasteiger partial charge in [-0.3, -0.25) is 0 Å². The van der Waals surface area contributed by atoms with Gasteiger partial charge < -0.3 is 25.6 Å². The third-order valence-electron chi connectivity index (χ3n) is 3.19. The van der Waals surface area contributed by atoms with Gasteiger partial charge in [0, 0.05) is 45.0 Å². The van der Waals surface area contributed by atoms with Crippen molar-refractivity contribution in [1.82, 2.24) is 15.5 Å². The molecule has 140 valence electrons. The van der Waals surface area contributed by atoms with Crippen LogP contribution >= 0.6 is 0 Å². The number of benzene rings is 1. The highest BCUT2D eigenvalue weighted by Gasteiger charge is 2.06. The van der Waals surface area contributed by atoms with Gasteiger partial charge >= 0.3 is 12.6 Å². The summed E-state index contributed by atoms with van der Waals surface area (Å²) in [4.78, 5) is 13.7. The van der Waals surface area contributed by atoms with Crippen molar-refractivity contribution in [3.8, 4) is 5.75 Å². The number of ether oxygens (including phenoxy) is 1. The van der Waals surface area contributed by atoms with Gasteiger partial charge in [-0.1, -0.05) is 6.07 Å². The Morgan fingerprint density at radius 1 is 1.27 bits per heavy atom. The van der Waals surface area contributed by atoms with Crippen molar-refractivity contribution in [3.05, 3.63) is 36.5 Å². The molecule has 0 fully saturated rings. The topological polar surface area (TPSA) is 91.4 Å². The van der Waals surface area contributed by atoms with Crippen LogP contribution in [0.1, 0.15) is 0 Å². The molecule has 0 atom stereocenters. The number of alkyl halides is 2. The summed E-state index contributed by atoms with van der Waals surface area (Å²) in [5.74, 6) is 0.564. The molecule has 0 spiro atoms. The normalized spacial score (nSPS) is 10.3. The lowest BCUT2D eigenvalue weighted by Crippen LogP contribution is -2.32. The molecule has 0 aliphatic heterocycles. The van der Waals surface area contributed by atoms with E-state index in [9.17, 15) is 13.6 Å². The maximum Gasteiger partial charge on any atom is 0.387 e. The predicted molar refractivity (Wildman–Crippen MR) is 94.9 cm³/mol. The summed E-state index contributed by atoms with van der Waals surface area (Å²) in [7, 11) is 3.79. The van der Waals surface area contributed by atoms with Gasteiger partial charge in [0.25, 0.3) is 0 Å². The molecule has 0 aliphatic carbocycles. The summed E-state index contributed by atoms with van der Waals surface area (Å²) in [6, 6.07) is 7.13. The van der Waals surface area contributed by atoms with Crippen molar-refractivity contribution in [2.75, 3.05) is 42.7 Å². The zero-order valence-corrected chi connectivity index (χ0v) is 14.4. The highest BCUT2D eigenvalue weighted by molar-refractivity contribution is 5.89. The molecular weight excluding hydrogens is 346 g/mol. The number of anilines is 3. The van der Waals surface area contributed by atoms with Gasteiger partial charge in [0.15, 0.2) is 5.82 Å². The molecule has 1 aromatic carbocycles. The highest BCUT2D eigenvalue weighted by Crippen LogP contribution is 2.19. The quantitative estimate of drug-likeness (QED) is 0.622. The van der Waals surface area contributed by atoms with E-state index in [-0.39, 0.29) is 5.75 Å². The van der Waals surface area contributed by atoms with E-state index < -0.39 is 12.6 Å². The van der Waals surface area contributed by atoms with Gasteiger partial charge in [-0.15, -0.1) is 5.10 Å². The van der Waals surface area contributed by atoms with Crippen LogP contribution in [0.25, 0.3) is 0 Å². The number of urea groups is 1. The van der Waals surface area contributed by atoms with Crippen molar-refractivity contribution < 1.29 is 18.3 Å². The van der Waals surface area contributed by atoms with Gasteiger partial charge in [-0.05, 0) is 12.1 Å². The predicted octanol–water partition coefficient (Wildman–Crippen LogP) is 2.38. The maximum absolute atomic E-state index is 12.2. The third kappa shape index (κ3) is 6.38. The number of hydrogen-bond acceptors (Lipinski definition) is 6. The molecule has 1 heterocycles. The summed E-state index contributed by atoms with van der Waals surface area (Å²) in [6.45, 7) is -2.15. The Hall–Kier alpha value is -3.17. The second-order valence-corrected chi connectivity index (χ2v) is 5.41. The summed E-state index contributed by atoms with van der Waals surface area (Å²) in [5.41, 5.74) is 1.25. The second kappa shape index (κ2) is 9.35. The lowest BCUT2D eigenvalue weighted by atomic mass is 10.3. The van der Waals surface area contributed by atoms with Crippen molar-refractivity contribution >= 4 is 23.2 Å². The fraction of sp³-hybridized carbons (Fsp3) is 0.312. The number of hydrogen-bond donors (Lipinski definition) is 3. The van der Waals surface area contributed by atoms with Crippen LogP contribution in [0.4, 0.5) is 30.8 Å². The molecule has 0 aliphatic rings. The van der Waals surface area contributed by atoms with E-state index in [4.69, 9.17) is 0 Å². The Morgan fingerprint density at radius 2 is 2.08 bits per heavy atom. The average molecular weight is 366 g/mol. The number of amides is 2. The fourth-order valence-electron chi connectivity index (χ4n) is 1.98. The van der Waals surface area contributed by atoms with E-state index in [1.807, 2.05) is 25.1 Å². The van der Waals surface area contributed by atoms with Crippen molar-refractivity contribution in [2.45, 2.75) is 6.61 Å². The van der Waals surface area contributed by atoms with E-state index >= 15 is 0 Å². The van der Waals surface area contributed by atoms with E-state index in [2.05, 4.69) is 30.9 Å². The maximum atomic E-state index is 12.2. The van der Waals surface area contributed by atoms with Gasteiger partial charge in [0.1, 0.15) is 5.75 Å². The Balaban J connectivity index is 1.74. The van der Waals surface area contributed by atoms with Gasteiger partial charge in [0.2, 0.25) is 0 Å². The van der Waals surface area contributed by atoms with Crippen molar-refractivity contribution in [3.63, 3.8) is 0 Å². The molecule has 10 heteroatoms. The number of carbonyl (C=O) groups excluding carboxylic acids is 1. The standard InChI is InChI=1S/C16H20F2N6O2/c1-24(2)12-9-14(23-21-10-12)19-6-7-20-16(25)22-11-4-3-5-13(8-11)26-15(17)18/h3-5,8-10,15H,6-7H2,1-2H3,(H,19,23)(H2,20,22,25). The monoisotopic (exact) mass is 366 g/mol. The van der Waals surface area contributed by atoms with Crippen LogP contribution in [0.5, 0.6) is 5.75 Å². The first-order valence-electron chi connectivity index (χ1n) is 7.77. The van der Waals surface area contributed by atoms with Crippen LogP contribution in [-0.2, 0) is 0 Å². The number of aromatic nitrogens is 2. The van der Waals surface area contributed by atoms with Crippen LogP contribution in [0.3, 0.4) is 0 Å². The largest absolute Gasteiger partial charge is 0.435 e. The van der Waals surface area contributed by atoms with Gasteiger partial charge in [-0.2, -0.15) is 13.9 Å². The fourth-order valence-corrected chi connectivity index (χ4v) is 1.98. The van der Waals surface area contributed by atoms with E-state index in [0.29, 0.717) is 24.6 Å². The first-order chi connectivity index (χ1) is 12.4. The Bertz CT molecular complexity index is 729. The lowest BCUT2D eigenvalue weighted by Gasteiger charge is -2.13. The molecule has 8 nitrogen and oxygen atoms in total. The lowest BCUT2D eigenvalue weighted by molar-refractivity contribution is -0.0497. The summed E-state index contributed by atoms with van der Waals surface area (Å²) in [5, 5.41) is 16.1. The van der Waals surface area contributed by atoms with Gasteiger partial charge in [0.05, 0.1) is 11.9 Å². The van der Waals surface area contributed by atoms with Gasteiger partial charge in [-0.25, -0.2) is 4.79 Å². The second-order valence-electron chi connectivity index (χ2n) is 5.41. The van der Waals surface area contributed by atoms with E-state index in [1.54, 1.807) is 12.3 Å². The summed E-state index contributed by atoms with van der Waals surface area (Å²) in [6.07, 6.45) is 1.64. The molecule has 2 aromatic rings. The molecular formula is C16H20F2N6O2. The minimum absolute atomic E-state index is 0.0289. The summed E-state index contributed by atoms with van der Waals surface area (Å²) >= 11 is 0. The zero-order valence-electron chi connectivity index (χ0n) is 14.4. The molecule has 0 radical (unpaired) electrons. The molecule has 2 rings (SSSR count). The number of halogens is 2. The van der Waals surface area contributed by atoms with Crippen LogP contribution in [-0.4, -0.2) is 50.0 Å². The first-order valence-corrected chi connectivity index (χ1v) is 7.77. The Labute approximate surface area is 149 Å². The number of nitrogens with one attached hydrogen (secondary N) is 3.